The van der Waals surface area contributed by atoms with Gasteiger partial charge in [0.05, 0.1) is 12.0 Å². The van der Waals surface area contributed by atoms with E-state index in [1.807, 2.05) is 25.1 Å². The van der Waals surface area contributed by atoms with Crippen molar-refractivity contribution in [3.05, 3.63) is 108 Å². The summed E-state index contributed by atoms with van der Waals surface area (Å²) >= 11 is 0. The lowest BCUT2D eigenvalue weighted by Gasteiger charge is -2.18. The number of anilines is 3. The van der Waals surface area contributed by atoms with E-state index in [1.54, 1.807) is 60.5 Å². The van der Waals surface area contributed by atoms with Crippen molar-refractivity contribution in [1.82, 2.24) is 0 Å². The average Bonchev–Trinajstić information content (AvgIpc) is 3.40. The number of nitrogens with one attached hydrogen (secondary N) is 2. The highest BCUT2D eigenvalue weighted by atomic mass is 32.2. The molecule has 1 aliphatic heterocycles. The Balaban J connectivity index is 1.18. The molecule has 0 fully saturated rings. The van der Waals surface area contributed by atoms with Gasteiger partial charge in [-0.05, 0) is 91.7 Å². The molecular weight excluding hydrogens is 542 g/mol. The topological polar surface area (TPSA) is 114 Å². The number of sulfonamides is 1. The maximum Gasteiger partial charge on any atom is 0.262 e. The van der Waals surface area contributed by atoms with Crippen LogP contribution >= 0.6 is 0 Å². The van der Waals surface area contributed by atoms with Gasteiger partial charge in [0, 0.05) is 29.2 Å². The van der Waals surface area contributed by atoms with E-state index in [9.17, 15) is 18.0 Å². The van der Waals surface area contributed by atoms with Gasteiger partial charge in [0.15, 0.2) is 6.61 Å². The van der Waals surface area contributed by atoms with Crippen LogP contribution in [0.4, 0.5) is 17.1 Å². The van der Waals surface area contributed by atoms with E-state index in [0.29, 0.717) is 35.0 Å². The monoisotopic (exact) mass is 571 g/mol. The summed E-state index contributed by atoms with van der Waals surface area (Å²) in [5.74, 6) is 0.498. The van der Waals surface area contributed by atoms with E-state index in [0.717, 1.165) is 23.2 Å². The molecule has 4 aromatic carbocycles. The fourth-order valence-corrected chi connectivity index (χ4v) is 5.51. The first kappa shape index (κ1) is 27.7. The summed E-state index contributed by atoms with van der Waals surface area (Å²) in [5, 5.41) is 2.80. The van der Waals surface area contributed by atoms with E-state index in [1.165, 1.54) is 24.3 Å². The van der Waals surface area contributed by atoms with Crippen LogP contribution in [-0.2, 0) is 21.2 Å². The summed E-state index contributed by atoms with van der Waals surface area (Å²) in [6, 6.07) is 25.3. The molecule has 0 unspecified atom stereocenters. The molecule has 0 saturated heterocycles. The molecule has 0 aliphatic carbocycles. The number of aryl methyl sites for hydroxylation is 1. The molecule has 2 amide bonds. The first-order valence-corrected chi connectivity index (χ1v) is 14.4. The van der Waals surface area contributed by atoms with Gasteiger partial charge in [-0.1, -0.05) is 23.8 Å². The van der Waals surface area contributed by atoms with Crippen LogP contribution in [0.1, 0.15) is 21.5 Å². The molecule has 1 heterocycles. The van der Waals surface area contributed by atoms with Crippen molar-refractivity contribution in [2.24, 2.45) is 0 Å². The van der Waals surface area contributed by atoms with Crippen LogP contribution in [0.2, 0.25) is 0 Å². The summed E-state index contributed by atoms with van der Waals surface area (Å²) in [7, 11) is -2.20. The van der Waals surface area contributed by atoms with Crippen molar-refractivity contribution in [2.75, 3.05) is 35.2 Å². The predicted octanol–water partition coefficient (Wildman–Crippen LogP) is 5.02. The van der Waals surface area contributed by atoms with Gasteiger partial charge in [-0.2, -0.15) is 0 Å². The number of carbonyl (C=O) groups excluding carboxylic acids is 2. The molecule has 210 valence electrons. The number of rotatable bonds is 9. The van der Waals surface area contributed by atoms with Crippen molar-refractivity contribution in [1.29, 1.82) is 0 Å². The lowest BCUT2D eigenvalue weighted by Crippen LogP contribution is -2.29. The number of benzene rings is 4. The largest absolute Gasteiger partial charge is 0.497 e. The van der Waals surface area contributed by atoms with E-state index in [-0.39, 0.29) is 17.4 Å². The first-order chi connectivity index (χ1) is 19.7. The third-order valence-electron chi connectivity index (χ3n) is 6.65. The molecule has 5 rings (SSSR count). The van der Waals surface area contributed by atoms with Crippen LogP contribution in [0.15, 0.2) is 95.9 Å². The summed E-state index contributed by atoms with van der Waals surface area (Å²) in [5.41, 5.74) is 4.35. The molecule has 0 radical (unpaired) electrons. The van der Waals surface area contributed by atoms with E-state index in [2.05, 4.69) is 10.0 Å². The second kappa shape index (κ2) is 11.7. The van der Waals surface area contributed by atoms with Crippen LogP contribution in [0.5, 0.6) is 11.5 Å². The van der Waals surface area contributed by atoms with Gasteiger partial charge in [0.2, 0.25) is 0 Å². The zero-order chi connectivity index (χ0) is 29.0. The third-order valence-corrected chi connectivity index (χ3v) is 8.05. The number of nitrogens with zero attached hydrogens (tertiary/aromatic N) is 1. The maximum absolute atomic E-state index is 13.1. The molecular formula is C31H29N3O6S. The smallest absolute Gasteiger partial charge is 0.262 e. The zero-order valence-corrected chi connectivity index (χ0v) is 23.4. The molecule has 9 nitrogen and oxygen atoms in total. The molecule has 4 aromatic rings. The Morgan fingerprint density at radius 1 is 0.854 bits per heavy atom. The van der Waals surface area contributed by atoms with Gasteiger partial charge >= 0.3 is 0 Å². The molecule has 0 atom stereocenters. The minimum absolute atomic E-state index is 0.0711. The first-order valence-electron chi connectivity index (χ1n) is 12.9. The Morgan fingerprint density at radius 3 is 2.20 bits per heavy atom. The van der Waals surface area contributed by atoms with Crippen LogP contribution in [0.3, 0.4) is 0 Å². The predicted molar refractivity (Wildman–Crippen MR) is 157 cm³/mol. The second-order valence-corrected chi connectivity index (χ2v) is 11.2. The number of carbonyl (C=O) groups is 2. The standard InChI is InChI=1S/C31H29N3O6S/c1-21-3-8-24(9-4-21)33-41(37,38)28-15-13-27(14-16-28)40-20-30(35)32-25-10-5-22-17-18-34(29(22)19-25)31(36)23-6-11-26(39-2)12-7-23/h3-16,19,33H,17-18,20H2,1-2H3,(H,32,35). The number of fused-ring (bicyclic) bond motifs is 1. The Labute approximate surface area is 238 Å². The van der Waals surface area contributed by atoms with Gasteiger partial charge in [-0.15, -0.1) is 0 Å². The lowest BCUT2D eigenvalue weighted by molar-refractivity contribution is -0.118. The van der Waals surface area contributed by atoms with Crippen LogP contribution in [0, 0.1) is 6.92 Å². The third kappa shape index (κ3) is 6.50. The fraction of sp³-hybridized carbons (Fsp3) is 0.161. The Bertz CT molecular complexity index is 1670. The van der Waals surface area contributed by atoms with E-state index in [4.69, 9.17) is 9.47 Å². The summed E-state index contributed by atoms with van der Waals surface area (Å²) in [4.78, 5) is 27.5. The van der Waals surface area contributed by atoms with Gasteiger partial charge in [-0.25, -0.2) is 8.42 Å². The number of amides is 2. The maximum atomic E-state index is 13.1. The van der Waals surface area contributed by atoms with E-state index >= 15 is 0 Å². The van der Waals surface area contributed by atoms with Crippen molar-refractivity contribution in [3.63, 3.8) is 0 Å². The normalized spacial score (nSPS) is 12.4. The quantitative estimate of drug-likeness (QED) is 0.292. The van der Waals surface area contributed by atoms with Gasteiger partial charge < -0.3 is 19.7 Å². The Hall–Kier alpha value is -4.83. The minimum Gasteiger partial charge on any atom is -0.497 e. The van der Waals surface area contributed by atoms with Gasteiger partial charge in [-0.3, -0.25) is 14.3 Å². The molecule has 0 aromatic heterocycles. The zero-order valence-electron chi connectivity index (χ0n) is 22.6. The molecule has 1 aliphatic rings. The molecule has 0 saturated carbocycles. The minimum atomic E-state index is -3.77. The summed E-state index contributed by atoms with van der Waals surface area (Å²) in [6.07, 6.45) is 0.723. The number of hydrogen-bond donors (Lipinski definition) is 2. The highest BCUT2D eigenvalue weighted by Gasteiger charge is 2.26. The van der Waals surface area contributed by atoms with Crippen molar-refractivity contribution < 1.29 is 27.5 Å². The highest BCUT2D eigenvalue weighted by Crippen LogP contribution is 2.32. The SMILES string of the molecule is COc1ccc(C(=O)N2CCc3ccc(NC(=O)COc4ccc(S(=O)(=O)Nc5ccc(C)cc5)cc4)cc32)cc1. The fourth-order valence-electron chi connectivity index (χ4n) is 4.45. The summed E-state index contributed by atoms with van der Waals surface area (Å²) in [6.45, 7) is 2.19. The highest BCUT2D eigenvalue weighted by molar-refractivity contribution is 7.92. The van der Waals surface area contributed by atoms with Gasteiger partial charge in [0.25, 0.3) is 21.8 Å². The lowest BCUT2D eigenvalue weighted by atomic mass is 10.1. The molecule has 0 bridgehead atoms. The Morgan fingerprint density at radius 2 is 1.51 bits per heavy atom. The molecule has 0 spiro atoms. The van der Waals surface area contributed by atoms with E-state index < -0.39 is 15.9 Å². The van der Waals surface area contributed by atoms with Gasteiger partial charge in [0.1, 0.15) is 11.5 Å². The Kier molecular flexibility index (Phi) is 7.93. The van der Waals surface area contributed by atoms with Crippen LogP contribution in [-0.4, -0.2) is 40.5 Å². The van der Waals surface area contributed by atoms with Crippen LogP contribution in [0.25, 0.3) is 0 Å². The molecule has 10 heteroatoms. The summed E-state index contributed by atoms with van der Waals surface area (Å²) < 4.78 is 38.6. The number of ether oxygens (including phenoxy) is 2. The van der Waals surface area contributed by atoms with Crippen molar-refractivity contribution in [2.45, 2.75) is 18.2 Å². The number of hydrogen-bond acceptors (Lipinski definition) is 6. The molecule has 2 N–H and O–H groups in total. The van der Waals surface area contributed by atoms with Crippen LogP contribution < -0.4 is 24.4 Å². The average molecular weight is 572 g/mol. The van der Waals surface area contributed by atoms with Crippen molar-refractivity contribution in [3.8, 4) is 11.5 Å². The second-order valence-electron chi connectivity index (χ2n) is 9.56. The molecule has 41 heavy (non-hydrogen) atoms. The van der Waals surface area contributed by atoms with Crippen molar-refractivity contribution >= 4 is 38.9 Å². The number of methoxy groups -OCH3 is 1.